The minimum atomic E-state index is 0.0712. The molecule has 20 heavy (non-hydrogen) atoms. The highest BCUT2D eigenvalue weighted by Crippen LogP contribution is 2.26. The first-order chi connectivity index (χ1) is 9.47. The number of thioether (sulfide) groups is 1. The van der Waals surface area contributed by atoms with Gasteiger partial charge in [0.1, 0.15) is 0 Å². The average molecular weight is 295 g/mol. The monoisotopic (exact) mass is 295 g/mol. The summed E-state index contributed by atoms with van der Waals surface area (Å²) in [5, 5.41) is 3.05. The van der Waals surface area contributed by atoms with Crippen LogP contribution in [0.15, 0.2) is 6.07 Å². The second kappa shape index (κ2) is 8.32. The van der Waals surface area contributed by atoms with Gasteiger partial charge in [0.15, 0.2) is 0 Å². The van der Waals surface area contributed by atoms with Crippen LogP contribution >= 0.6 is 11.8 Å². The van der Waals surface area contributed by atoms with Crippen LogP contribution in [-0.4, -0.2) is 31.1 Å². The number of anilines is 1. The van der Waals surface area contributed by atoms with E-state index in [-0.39, 0.29) is 5.91 Å². The van der Waals surface area contributed by atoms with Crippen molar-refractivity contribution in [1.82, 2.24) is 0 Å². The molecule has 1 rings (SSSR count). The van der Waals surface area contributed by atoms with Crippen molar-refractivity contribution in [3.8, 4) is 0 Å². The smallest absolute Gasteiger partial charge is 0.234 e. The van der Waals surface area contributed by atoms with Crippen LogP contribution in [0.1, 0.15) is 28.7 Å². The molecule has 0 saturated heterocycles. The normalized spacial score (nSPS) is 10.7. The molecule has 0 aliphatic carbocycles. The summed E-state index contributed by atoms with van der Waals surface area (Å²) < 4.78 is 4.99. The SMILES string of the molecule is COCCCSCC(=O)Nc1c(C)cc(C)c(C)c1C. The maximum Gasteiger partial charge on any atom is 0.234 e. The summed E-state index contributed by atoms with van der Waals surface area (Å²) >= 11 is 1.65. The Balaban J connectivity index is 2.56. The highest BCUT2D eigenvalue weighted by atomic mass is 32.2. The highest BCUT2D eigenvalue weighted by Gasteiger charge is 2.11. The maximum atomic E-state index is 12.0. The van der Waals surface area contributed by atoms with Gasteiger partial charge in [0.25, 0.3) is 0 Å². The van der Waals surface area contributed by atoms with E-state index in [4.69, 9.17) is 4.74 Å². The molecule has 0 atom stereocenters. The molecule has 0 bridgehead atoms. The predicted molar refractivity (Wildman–Crippen MR) is 87.8 cm³/mol. The quantitative estimate of drug-likeness (QED) is 0.781. The van der Waals surface area contributed by atoms with Gasteiger partial charge in [0.2, 0.25) is 5.91 Å². The third-order valence-electron chi connectivity index (χ3n) is 3.49. The van der Waals surface area contributed by atoms with Crippen molar-refractivity contribution in [2.24, 2.45) is 0 Å². The molecule has 0 unspecified atom stereocenters. The molecule has 1 N–H and O–H groups in total. The van der Waals surface area contributed by atoms with Crippen LogP contribution < -0.4 is 5.32 Å². The van der Waals surface area contributed by atoms with Gasteiger partial charge in [0.05, 0.1) is 5.75 Å². The summed E-state index contributed by atoms with van der Waals surface area (Å²) in [6.07, 6.45) is 0.982. The minimum absolute atomic E-state index is 0.0712. The van der Waals surface area contributed by atoms with Crippen LogP contribution in [0, 0.1) is 27.7 Å². The van der Waals surface area contributed by atoms with Gasteiger partial charge >= 0.3 is 0 Å². The van der Waals surface area contributed by atoms with Crippen LogP contribution in [0.25, 0.3) is 0 Å². The van der Waals surface area contributed by atoms with Gasteiger partial charge in [-0.25, -0.2) is 0 Å². The molecule has 0 heterocycles. The third kappa shape index (κ3) is 4.84. The molecule has 0 aromatic heterocycles. The van der Waals surface area contributed by atoms with Crippen molar-refractivity contribution in [2.45, 2.75) is 34.1 Å². The molecule has 0 aliphatic heterocycles. The molecule has 0 fully saturated rings. The number of ether oxygens (including phenoxy) is 1. The fourth-order valence-corrected chi connectivity index (χ4v) is 2.85. The van der Waals surface area contributed by atoms with Crippen molar-refractivity contribution in [2.75, 3.05) is 30.5 Å². The van der Waals surface area contributed by atoms with Gasteiger partial charge in [-0.15, -0.1) is 0 Å². The van der Waals surface area contributed by atoms with E-state index >= 15 is 0 Å². The Kier molecular flexibility index (Phi) is 7.10. The first kappa shape index (κ1) is 17.1. The van der Waals surface area contributed by atoms with E-state index in [0.29, 0.717) is 5.75 Å². The molecular formula is C16H25NO2S. The largest absolute Gasteiger partial charge is 0.385 e. The maximum absolute atomic E-state index is 12.0. The molecule has 0 radical (unpaired) electrons. The van der Waals surface area contributed by atoms with Crippen LogP contribution in [0.5, 0.6) is 0 Å². The fourth-order valence-electron chi connectivity index (χ4n) is 2.12. The van der Waals surface area contributed by atoms with Crippen molar-refractivity contribution in [3.05, 3.63) is 28.3 Å². The van der Waals surface area contributed by atoms with Gasteiger partial charge in [-0.3, -0.25) is 4.79 Å². The number of benzene rings is 1. The summed E-state index contributed by atoms with van der Waals surface area (Å²) in [4.78, 5) is 12.0. The van der Waals surface area contributed by atoms with Crippen molar-refractivity contribution in [3.63, 3.8) is 0 Å². The van der Waals surface area contributed by atoms with E-state index in [1.807, 2.05) is 6.92 Å². The first-order valence-electron chi connectivity index (χ1n) is 6.91. The zero-order valence-corrected chi connectivity index (χ0v) is 13.9. The Hall–Kier alpha value is -1.00. The summed E-state index contributed by atoms with van der Waals surface area (Å²) in [5.41, 5.74) is 5.78. The lowest BCUT2D eigenvalue weighted by atomic mass is 9.98. The summed E-state index contributed by atoms with van der Waals surface area (Å²) in [6, 6.07) is 2.13. The van der Waals surface area contributed by atoms with Gasteiger partial charge in [-0.2, -0.15) is 11.8 Å². The number of hydrogen-bond acceptors (Lipinski definition) is 3. The Labute approximate surface area is 126 Å². The van der Waals surface area contributed by atoms with Gasteiger partial charge in [-0.1, -0.05) is 6.07 Å². The zero-order valence-electron chi connectivity index (χ0n) is 13.1. The van der Waals surface area contributed by atoms with Crippen molar-refractivity contribution >= 4 is 23.4 Å². The predicted octanol–water partition coefficient (Wildman–Crippen LogP) is 3.63. The second-order valence-electron chi connectivity index (χ2n) is 5.08. The molecule has 0 aliphatic rings. The van der Waals surface area contributed by atoms with Gasteiger partial charge < -0.3 is 10.1 Å². The second-order valence-corrected chi connectivity index (χ2v) is 6.19. The molecule has 1 aromatic rings. The fraction of sp³-hybridized carbons (Fsp3) is 0.562. The number of aryl methyl sites for hydroxylation is 2. The summed E-state index contributed by atoms with van der Waals surface area (Å²) in [6.45, 7) is 9.06. The Morgan fingerprint density at radius 3 is 2.55 bits per heavy atom. The van der Waals surface area contributed by atoms with Crippen LogP contribution in [0.3, 0.4) is 0 Å². The van der Waals surface area contributed by atoms with Crippen molar-refractivity contribution in [1.29, 1.82) is 0 Å². The number of methoxy groups -OCH3 is 1. The standard InChI is InChI=1S/C16H25NO2S/c1-11-9-12(2)16(14(4)13(11)3)17-15(18)10-20-8-6-7-19-5/h9H,6-8,10H2,1-5H3,(H,17,18). The van der Waals surface area contributed by atoms with Crippen LogP contribution in [0.2, 0.25) is 0 Å². The lowest BCUT2D eigenvalue weighted by Crippen LogP contribution is -2.16. The molecular weight excluding hydrogens is 270 g/mol. The van der Waals surface area contributed by atoms with Crippen molar-refractivity contribution < 1.29 is 9.53 Å². The van der Waals surface area contributed by atoms with Crippen LogP contribution in [0.4, 0.5) is 5.69 Å². The lowest BCUT2D eigenvalue weighted by molar-refractivity contribution is -0.113. The number of carbonyl (C=O) groups excluding carboxylic acids is 1. The number of amides is 1. The van der Waals surface area contributed by atoms with E-state index in [1.165, 1.54) is 16.7 Å². The number of carbonyl (C=O) groups is 1. The Morgan fingerprint density at radius 2 is 1.90 bits per heavy atom. The van der Waals surface area contributed by atoms with E-state index in [9.17, 15) is 4.79 Å². The molecule has 1 aromatic carbocycles. The van der Waals surface area contributed by atoms with E-state index in [1.54, 1.807) is 18.9 Å². The molecule has 112 valence electrons. The molecule has 0 spiro atoms. The Morgan fingerprint density at radius 1 is 1.20 bits per heavy atom. The number of hydrogen-bond donors (Lipinski definition) is 1. The van der Waals surface area contributed by atoms with E-state index in [2.05, 4.69) is 32.2 Å². The minimum Gasteiger partial charge on any atom is -0.385 e. The third-order valence-corrected chi connectivity index (χ3v) is 4.53. The lowest BCUT2D eigenvalue weighted by Gasteiger charge is -2.16. The topological polar surface area (TPSA) is 38.3 Å². The zero-order chi connectivity index (χ0) is 15.1. The molecule has 4 heteroatoms. The summed E-state index contributed by atoms with van der Waals surface area (Å²) in [5.74, 6) is 1.52. The highest BCUT2D eigenvalue weighted by molar-refractivity contribution is 7.99. The van der Waals surface area contributed by atoms with E-state index < -0.39 is 0 Å². The number of nitrogens with one attached hydrogen (secondary N) is 1. The molecule has 3 nitrogen and oxygen atoms in total. The first-order valence-corrected chi connectivity index (χ1v) is 8.06. The van der Waals surface area contributed by atoms with Crippen LogP contribution in [-0.2, 0) is 9.53 Å². The van der Waals surface area contributed by atoms with Gasteiger partial charge in [0, 0.05) is 19.4 Å². The van der Waals surface area contributed by atoms with E-state index in [0.717, 1.165) is 30.0 Å². The molecule has 0 saturated carbocycles. The van der Waals surface area contributed by atoms with Gasteiger partial charge in [-0.05, 0) is 62.1 Å². The molecule has 1 amide bonds. The number of rotatable bonds is 7. The average Bonchev–Trinajstić information content (AvgIpc) is 2.41. The Bertz CT molecular complexity index is 472. The summed E-state index contributed by atoms with van der Waals surface area (Å²) in [7, 11) is 1.70.